The van der Waals surface area contributed by atoms with Crippen LogP contribution in [0.15, 0.2) is 36.4 Å². The van der Waals surface area contributed by atoms with Crippen molar-refractivity contribution < 1.29 is 58.2 Å². The van der Waals surface area contributed by atoms with Crippen LogP contribution in [0.4, 0.5) is 9.59 Å². The lowest BCUT2D eigenvalue weighted by Gasteiger charge is -2.25. The van der Waals surface area contributed by atoms with Crippen LogP contribution in [0.25, 0.3) is 0 Å². The van der Waals surface area contributed by atoms with E-state index >= 15 is 0 Å². The fourth-order valence-electron chi connectivity index (χ4n) is 3.79. The number of amides is 2. The summed E-state index contributed by atoms with van der Waals surface area (Å²) in [5, 5.41) is 33.8. The largest absolute Gasteiger partial charge is 0.504 e. The van der Waals surface area contributed by atoms with Crippen LogP contribution in [-0.2, 0) is 28.5 Å². The molecule has 0 saturated heterocycles. The molecule has 0 aliphatic rings. The number of phenolic OH excluding ortho intramolecular Hbond substituents is 2. The van der Waals surface area contributed by atoms with Crippen molar-refractivity contribution in [2.75, 3.05) is 13.2 Å². The summed E-state index contributed by atoms with van der Waals surface area (Å²) in [4.78, 5) is 60.6. The molecule has 2 aromatic rings. The third kappa shape index (κ3) is 13.9. The molecule has 0 saturated carbocycles. The Labute approximate surface area is 280 Å². The lowest BCUT2D eigenvalue weighted by atomic mass is 9.99. The minimum atomic E-state index is -1.51. The number of rotatable bonds is 10. The standard InChI is InChI=1S/C18H25NO5.C16H23NO7/c1-7-23-16(21)14(19-17(22)24-18(4,5)6)15(20)13-9-8-11(2)12(3)10-13;1-5-23-14(21)12(17-15(22)24-16(2,3)4)13(20)9-6-7-10(18)11(19)8-9/h8-10,14H,7H2,1-6H3,(H,19,22);6-8,12-13,18-20H,5H2,1-4H3,(H,17,22)/t14-;12-,13+/m00/s1. The Bertz CT molecular complexity index is 1440. The summed E-state index contributed by atoms with van der Waals surface area (Å²) in [5.74, 6) is -3.05. The predicted molar refractivity (Wildman–Crippen MR) is 175 cm³/mol. The Hall–Kier alpha value is -4.85. The molecule has 14 heteroatoms. The van der Waals surface area contributed by atoms with Crippen LogP contribution in [0.5, 0.6) is 11.5 Å². The van der Waals surface area contributed by atoms with Crippen LogP contribution in [0.3, 0.4) is 0 Å². The molecule has 0 aliphatic heterocycles. The second kappa shape index (κ2) is 17.9. The van der Waals surface area contributed by atoms with Crippen molar-refractivity contribution >= 4 is 29.9 Å². The van der Waals surface area contributed by atoms with E-state index in [1.54, 1.807) is 73.6 Å². The van der Waals surface area contributed by atoms with Crippen LogP contribution in [0.2, 0.25) is 0 Å². The number of carbonyl (C=O) groups excluding carboxylic acids is 5. The van der Waals surface area contributed by atoms with Crippen molar-refractivity contribution in [2.45, 2.75) is 98.6 Å². The van der Waals surface area contributed by atoms with Crippen LogP contribution in [-0.4, -0.2) is 81.7 Å². The molecule has 2 rings (SSSR count). The number of esters is 2. The molecule has 0 fully saturated rings. The Kier molecular flexibility index (Phi) is 15.4. The highest BCUT2D eigenvalue weighted by Crippen LogP contribution is 2.29. The van der Waals surface area contributed by atoms with E-state index in [1.165, 1.54) is 6.07 Å². The van der Waals surface area contributed by atoms with Gasteiger partial charge in [0.05, 0.1) is 13.2 Å². The average Bonchev–Trinajstić information content (AvgIpc) is 2.95. The van der Waals surface area contributed by atoms with E-state index in [-0.39, 0.29) is 24.5 Å². The molecule has 0 spiro atoms. The lowest BCUT2D eigenvalue weighted by Crippen LogP contribution is -2.49. The zero-order valence-corrected chi connectivity index (χ0v) is 29.1. The molecule has 48 heavy (non-hydrogen) atoms. The molecule has 2 aromatic carbocycles. The number of ether oxygens (including phenoxy) is 4. The van der Waals surface area contributed by atoms with E-state index in [4.69, 9.17) is 18.9 Å². The van der Waals surface area contributed by atoms with Crippen LogP contribution >= 0.6 is 0 Å². The van der Waals surface area contributed by atoms with Crippen molar-refractivity contribution in [1.82, 2.24) is 10.6 Å². The van der Waals surface area contributed by atoms with Gasteiger partial charge in [-0.25, -0.2) is 19.2 Å². The first kappa shape index (κ1) is 41.2. The molecular formula is C34H48N2O12. The van der Waals surface area contributed by atoms with E-state index in [0.717, 1.165) is 23.3 Å². The Balaban J connectivity index is 0.000000480. The maximum Gasteiger partial charge on any atom is 0.408 e. The van der Waals surface area contributed by atoms with Gasteiger partial charge in [-0.15, -0.1) is 0 Å². The SMILES string of the molecule is CCOC(=O)[C@@H](NC(=O)OC(C)(C)C)C(=O)c1ccc(C)c(C)c1.CCOC(=O)[C@@H](NC(=O)OC(C)(C)C)[C@H](O)c1ccc(O)c(O)c1. The molecule has 0 bridgehead atoms. The number of ketones is 1. The number of aliphatic hydroxyl groups is 1. The van der Waals surface area contributed by atoms with Gasteiger partial charge in [-0.05, 0) is 104 Å². The maximum absolute atomic E-state index is 12.7. The molecule has 14 nitrogen and oxygen atoms in total. The number of phenols is 2. The fourth-order valence-corrected chi connectivity index (χ4v) is 3.79. The van der Waals surface area contributed by atoms with Gasteiger partial charge in [0.1, 0.15) is 17.3 Å². The third-order valence-electron chi connectivity index (χ3n) is 6.11. The predicted octanol–water partition coefficient (Wildman–Crippen LogP) is 4.53. The number of nitrogens with one attached hydrogen (secondary N) is 2. The smallest absolute Gasteiger partial charge is 0.408 e. The number of hydrogen-bond acceptors (Lipinski definition) is 12. The van der Waals surface area contributed by atoms with Crippen molar-refractivity contribution in [2.24, 2.45) is 0 Å². The highest BCUT2D eigenvalue weighted by molar-refractivity contribution is 6.13. The van der Waals surface area contributed by atoms with Gasteiger partial charge in [-0.3, -0.25) is 4.79 Å². The molecular weight excluding hydrogens is 628 g/mol. The molecule has 0 radical (unpaired) electrons. The highest BCUT2D eigenvalue weighted by Gasteiger charge is 2.34. The van der Waals surface area contributed by atoms with Crippen molar-refractivity contribution in [3.05, 3.63) is 58.7 Å². The van der Waals surface area contributed by atoms with Gasteiger partial charge >= 0.3 is 24.1 Å². The average molecular weight is 677 g/mol. The van der Waals surface area contributed by atoms with Crippen molar-refractivity contribution in [3.63, 3.8) is 0 Å². The summed E-state index contributed by atoms with van der Waals surface area (Å²) in [6, 6.07) is 5.76. The van der Waals surface area contributed by atoms with Gasteiger partial charge in [0.15, 0.2) is 29.4 Å². The van der Waals surface area contributed by atoms with Crippen molar-refractivity contribution in [1.29, 1.82) is 0 Å². The lowest BCUT2D eigenvalue weighted by molar-refractivity contribution is -0.149. The molecule has 0 aromatic heterocycles. The van der Waals surface area contributed by atoms with Crippen LogP contribution in [0, 0.1) is 13.8 Å². The Morgan fingerprint density at radius 1 is 0.708 bits per heavy atom. The monoisotopic (exact) mass is 676 g/mol. The maximum atomic E-state index is 12.7. The van der Waals surface area contributed by atoms with Gasteiger partial charge in [0.25, 0.3) is 0 Å². The number of hydrogen-bond donors (Lipinski definition) is 5. The van der Waals surface area contributed by atoms with E-state index in [1.807, 2.05) is 13.8 Å². The van der Waals surface area contributed by atoms with Gasteiger partial charge in [-0.1, -0.05) is 18.2 Å². The number of aromatic hydroxyl groups is 2. The molecule has 2 amide bonds. The molecule has 0 unspecified atom stereocenters. The van der Waals surface area contributed by atoms with Crippen LogP contribution in [0.1, 0.15) is 88.5 Å². The minimum Gasteiger partial charge on any atom is -0.504 e. The first-order valence-corrected chi connectivity index (χ1v) is 15.2. The number of alkyl carbamates (subject to hydrolysis) is 2. The quantitative estimate of drug-likeness (QED) is 0.0774. The molecule has 3 atom stereocenters. The third-order valence-corrected chi connectivity index (χ3v) is 6.11. The summed E-state index contributed by atoms with van der Waals surface area (Å²) < 4.78 is 19.9. The Morgan fingerprint density at radius 3 is 1.71 bits per heavy atom. The van der Waals surface area contributed by atoms with Crippen LogP contribution < -0.4 is 10.6 Å². The summed E-state index contributed by atoms with van der Waals surface area (Å²) >= 11 is 0. The number of carbonyl (C=O) groups is 5. The number of aliphatic hydroxyl groups excluding tert-OH is 1. The zero-order chi connectivity index (χ0) is 37.0. The summed E-state index contributed by atoms with van der Waals surface area (Å²) in [7, 11) is 0. The van der Waals surface area contributed by atoms with E-state index in [0.29, 0.717) is 5.56 Å². The van der Waals surface area contributed by atoms with Gasteiger partial charge in [0.2, 0.25) is 0 Å². The molecule has 266 valence electrons. The highest BCUT2D eigenvalue weighted by atomic mass is 16.6. The molecule has 0 heterocycles. The molecule has 5 N–H and O–H groups in total. The topological polar surface area (TPSA) is 207 Å². The summed E-state index contributed by atoms with van der Waals surface area (Å²) in [5.41, 5.74) is 0.851. The first-order chi connectivity index (χ1) is 22.1. The Morgan fingerprint density at radius 2 is 1.23 bits per heavy atom. The van der Waals surface area contributed by atoms with E-state index in [2.05, 4.69) is 10.6 Å². The minimum absolute atomic E-state index is 0.0544. The van der Waals surface area contributed by atoms with Gasteiger partial charge in [-0.2, -0.15) is 0 Å². The van der Waals surface area contributed by atoms with E-state index in [9.17, 15) is 39.3 Å². The number of aryl methyl sites for hydroxylation is 2. The first-order valence-electron chi connectivity index (χ1n) is 15.2. The second-order valence-corrected chi connectivity index (χ2v) is 12.6. The summed E-state index contributed by atoms with van der Waals surface area (Å²) in [6.45, 7) is 17.2. The fraction of sp³-hybridized carbons (Fsp3) is 0.500. The number of benzene rings is 2. The van der Waals surface area contributed by atoms with Crippen molar-refractivity contribution in [3.8, 4) is 11.5 Å². The summed E-state index contributed by atoms with van der Waals surface area (Å²) in [6.07, 6.45) is -3.26. The normalized spacial score (nSPS) is 13.0. The zero-order valence-electron chi connectivity index (χ0n) is 29.1. The van der Waals surface area contributed by atoms with Gasteiger partial charge in [0, 0.05) is 5.56 Å². The van der Waals surface area contributed by atoms with Gasteiger partial charge < -0.3 is 44.9 Å². The second-order valence-electron chi connectivity index (χ2n) is 12.6. The van der Waals surface area contributed by atoms with E-state index < -0.39 is 65.0 Å². The molecule has 0 aliphatic carbocycles. The number of Topliss-reactive ketones (excluding diaryl/α,β-unsaturated/α-hetero) is 1.